The first-order chi connectivity index (χ1) is 8.19. The van der Waals surface area contributed by atoms with Crippen molar-refractivity contribution in [3.05, 3.63) is 41.2 Å². The Kier molecular flexibility index (Phi) is 3.39. The highest BCUT2D eigenvalue weighted by atomic mass is 35.5. The number of carbonyl (C=O) groups is 1. The van der Waals surface area contributed by atoms with Crippen molar-refractivity contribution in [3.8, 4) is 0 Å². The van der Waals surface area contributed by atoms with Crippen LogP contribution in [-0.4, -0.2) is 15.9 Å². The predicted molar refractivity (Wildman–Crippen MR) is 63.1 cm³/mol. The van der Waals surface area contributed by atoms with Crippen molar-refractivity contribution in [2.24, 2.45) is 0 Å². The van der Waals surface area contributed by atoms with Crippen molar-refractivity contribution in [1.29, 1.82) is 0 Å². The molecule has 17 heavy (non-hydrogen) atoms. The molecule has 0 spiro atoms. The Morgan fingerprint density at radius 3 is 2.94 bits per heavy atom. The molecule has 0 fully saturated rings. The first-order valence-corrected chi connectivity index (χ1v) is 5.44. The second kappa shape index (κ2) is 4.97. The zero-order chi connectivity index (χ0) is 12.3. The van der Waals surface area contributed by atoms with Crippen LogP contribution in [0.4, 0.5) is 5.82 Å². The molecule has 6 heteroatoms. The van der Waals surface area contributed by atoms with Gasteiger partial charge >= 0.3 is 0 Å². The lowest BCUT2D eigenvalue weighted by Crippen LogP contribution is -2.12. The fourth-order valence-electron chi connectivity index (χ4n) is 1.27. The molecule has 0 aliphatic rings. The smallest absolute Gasteiger partial charge is 0.292 e. The monoisotopic (exact) mass is 251 g/mol. The van der Waals surface area contributed by atoms with Gasteiger partial charge in [0.15, 0.2) is 11.6 Å². The molecule has 2 aromatic heterocycles. The standard InChI is InChI=1S/C11H10ClN3O2/c1-2-7-3-4-8(17-7)11(16)15-10-6-13-5-9(12)14-10/h3-6H,2H2,1H3,(H,14,15,16). The minimum Gasteiger partial charge on any atom is -0.456 e. The van der Waals surface area contributed by atoms with Gasteiger partial charge in [-0.1, -0.05) is 18.5 Å². The number of rotatable bonds is 3. The van der Waals surface area contributed by atoms with Gasteiger partial charge in [0.1, 0.15) is 10.9 Å². The molecule has 0 saturated heterocycles. The molecule has 2 aromatic rings. The SMILES string of the molecule is CCc1ccc(C(=O)Nc2cncc(Cl)n2)o1. The molecule has 0 saturated carbocycles. The fourth-order valence-corrected chi connectivity index (χ4v) is 1.42. The number of aromatic nitrogens is 2. The third-order valence-electron chi connectivity index (χ3n) is 2.08. The molecule has 0 aliphatic heterocycles. The number of aryl methyl sites for hydroxylation is 1. The van der Waals surface area contributed by atoms with Gasteiger partial charge in [0.05, 0.1) is 12.4 Å². The zero-order valence-corrected chi connectivity index (χ0v) is 9.86. The largest absolute Gasteiger partial charge is 0.456 e. The molecule has 0 aliphatic carbocycles. The highest BCUT2D eigenvalue weighted by molar-refractivity contribution is 6.29. The van der Waals surface area contributed by atoms with Gasteiger partial charge in [0.2, 0.25) is 0 Å². The third-order valence-corrected chi connectivity index (χ3v) is 2.26. The van der Waals surface area contributed by atoms with E-state index in [0.29, 0.717) is 0 Å². The Hall–Kier alpha value is -1.88. The third kappa shape index (κ3) is 2.82. The molecule has 88 valence electrons. The summed E-state index contributed by atoms with van der Waals surface area (Å²) >= 11 is 5.65. The summed E-state index contributed by atoms with van der Waals surface area (Å²) in [5.74, 6) is 0.911. The number of nitrogens with zero attached hydrogens (tertiary/aromatic N) is 2. The predicted octanol–water partition coefficient (Wildman–Crippen LogP) is 2.54. The molecule has 2 rings (SSSR count). The Morgan fingerprint density at radius 2 is 2.29 bits per heavy atom. The lowest BCUT2D eigenvalue weighted by Gasteiger charge is -2.01. The van der Waals surface area contributed by atoms with E-state index in [4.69, 9.17) is 16.0 Å². The van der Waals surface area contributed by atoms with Crippen molar-refractivity contribution in [2.45, 2.75) is 13.3 Å². The highest BCUT2D eigenvalue weighted by Crippen LogP contribution is 2.12. The number of carbonyl (C=O) groups excluding carboxylic acids is 1. The van der Waals surface area contributed by atoms with Crippen LogP contribution in [0.1, 0.15) is 23.2 Å². The van der Waals surface area contributed by atoms with E-state index >= 15 is 0 Å². The van der Waals surface area contributed by atoms with Crippen LogP contribution in [0.25, 0.3) is 0 Å². The van der Waals surface area contributed by atoms with Gasteiger partial charge in [-0.2, -0.15) is 0 Å². The van der Waals surface area contributed by atoms with E-state index in [1.165, 1.54) is 12.4 Å². The van der Waals surface area contributed by atoms with Crippen LogP contribution >= 0.6 is 11.6 Å². The first-order valence-electron chi connectivity index (χ1n) is 5.06. The number of hydrogen-bond acceptors (Lipinski definition) is 4. The van der Waals surface area contributed by atoms with Crippen molar-refractivity contribution in [1.82, 2.24) is 9.97 Å². The second-order valence-electron chi connectivity index (χ2n) is 3.30. The van der Waals surface area contributed by atoms with E-state index in [-0.39, 0.29) is 22.6 Å². The van der Waals surface area contributed by atoms with Gasteiger partial charge in [-0.3, -0.25) is 9.78 Å². The molecule has 2 heterocycles. The molecular formula is C11H10ClN3O2. The topological polar surface area (TPSA) is 68.0 Å². The fraction of sp³-hybridized carbons (Fsp3) is 0.182. The quantitative estimate of drug-likeness (QED) is 0.910. The van der Waals surface area contributed by atoms with E-state index in [1.807, 2.05) is 6.92 Å². The molecular weight excluding hydrogens is 242 g/mol. The van der Waals surface area contributed by atoms with E-state index in [1.54, 1.807) is 12.1 Å². The number of halogens is 1. The summed E-state index contributed by atoms with van der Waals surface area (Å²) in [6.07, 6.45) is 3.54. The molecule has 0 atom stereocenters. The number of nitrogens with one attached hydrogen (secondary N) is 1. The van der Waals surface area contributed by atoms with E-state index < -0.39 is 0 Å². The van der Waals surface area contributed by atoms with Crippen molar-refractivity contribution in [2.75, 3.05) is 5.32 Å². The summed E-state index contributed by atoms with van der Waals surface area (Å²) in [6.45, 7) is 1.95. The highest BCUT2D eigenvalue weighted by Gasteiger charge is 2.11. The number of furan rings is 1. The Morgan fingerprint density at radius 1 is 1.47 bits per heavy atom. The van der Waals surface area contributed by atoms with Gasteiger partial charge in [0.25, 0.3) is 5.91 Å². The van der Waals surface area contributed by atoms with Crippen molar-refractivity contribution < 1.29 is 9.21 Å². The summed E-state index contributed by atoms with van der Waals surface area (Å²) in [4.78, 5) is 19.4. The lowest BCUT2D eigenvalue weighted by molar-refractivity contribution is 0.0994. The maximum absolute atomic E-state index is 11.7. The Bertz CT molecular complexity index is 539. The normalized spacial score (nSPS) is 10.2. The van der Waals surface area contributed by atoms with Crippen molar-refractivity contribution in [3.63, 3.8) is 0 Å². The van der Waals surface area contributed by atoms with E-state index in [2.05, 4.69) is 15.3 Å². The van der Waals surface area contributed by atoms with E-state index in [0.717, 1.165) is 12.2 Å². The van der Waals surface area contributed by atoms with Gasteiger partial charge in [-0.05, 0) is 12.1 Å². The van der Waals surface area contributed by atoms with Crippen LogP contribution in [0, 0.1) is 0 Å². The Balaban J connectivity index is 2.11. The summed E-state index contributed by atoms with van der Waals surface area (Å²) in [5.41, 5.74) is 0. The second-order valence-corrected chi connectivity index (χ2v) is 3.69. The van der Waals surface area contributed by atoms with Crippen LogP contribution in [-0.2, 0) is 6.42 Å². The molecule has 1 N–H and O–H groups in total. The summed E-state index contributed by atoms with van der Waals surface area (Å²) < 4.78 is 5.30. The summed E-state index contributed by atoms with van der Waals surface area (Å²) in [7, 11) is 0. The molecule has 0 aromatic carbocycles. The van der Waals surface area contributed by atoms with Gasteiger partial charge in [-0.25, -0.2) is 4.98 Å². The molecule has 5 nitrogen and oxygen atoms in total. The average Bonchev–Trinajstić information content (AvgIpc) is 2.77. The van der Waals surface area contributed by atoms with Crippen LogP contribution in [0.5, 0.6) is 0 Å². The molecule has 0 bridgehead atoms. The summed E-state index contributed by atoms with van der Waals surface area (Å²) in [6, 6.07) is 3.38. The van der Waals surface area contributed by atoms with Crippen LogP contribution in [0.2, 0.25) is 5.15 Å². The van der Waals surface area contributed by atoms with Gasteiger partial charge < -0.3 is 9.73 Å². The maximum Gasteiger partial charge on any atom is 0.292 e. The Labute approximate surface area is 103 Å². The van der Waals surface area contributed by atoms with Crippen LogP contribution < -0.4 is 5.32 Å². The average molecular weight is 252 g/mol. The van der Waals surface area contributed by atoms with Gasteiger partial charge in [-0.15, -0.1) is 0 Å². The minimum absolute atomic E-state index is 0.219. The van der Waals surface area contributed by atoms with Crippen LogP contribution in [0.15, 0.2) is 28.9 Å². The van der Waals surface area contributed by atoms with Crippen molar-refractivity contribution >= 4 is 23.3 Å². The maximum atomic E-state index is 11.7. The number of anilines is 1. The number of hydrogen-bond donors (Lipinski definition) is 1. The molecule has 1 amide bonds. The zero-order valence-electron chi connectivity index (χ0n) is 9.11. The molecule has 0 radical (unpaired) electrons. The lowest BCUT2D eigenvalue weighted by atomic mass is 10.3. The van der Waals surface area contributed by atoms with Crippen LogP contribution in [0.3, 0.4) is 0 Å². The van der Waals surface area contributed by atoms with E-state index in [9.17, 15) is 4.79 Å². The van der Waals surface area contributed by atoms with Gasteiger partial charge in [0, 0.05) is 6.42 Å². The summed E-state index contributed by atoms with van der Waals surface area (Å²) in [5, 5.41) is 2.76. The molecule has 0 unspecified atom stereocenters. The first kappa shape index (κ1) is 11.6. The number of amides is 1. The minimum atomic E-state index is -0.374.